The fourth-order valence-corrected chi connectivity index (χ4v) is 3.55. The van der Waals surface area contributed by atoms with Crippen LogP contribution in [0.4, 0.5) is 9.52 Å². The molecule has 0 unspecified atom stereocenters. The Kier molecular flexibility index (Phi) is 7.47. The van der Waals surface area contributed by atoms with Gasteiger partial charge in [-0.15, -0.1) is 0 Å². The van der Waals surface area contributed by atoms with Crippen LogP contribution in [0.25, 0.3) is 0 Å². The standard InChI is InChI=1S/C20H25FN2O3S/c1-5-7-8-11-23(18(24)15-10-9-13(3)16(21)12-15)20-22-14(4)17(27-20)19(25)26-6-2/h9-10,12H,5-8,11H2,1-4H3. The first kappa shape index (κ1) is 21.0. The maximum absolute atomic E-state index is 13.9. The van der Waals surface area contributed by atoms with Crippen molar-refractivity contribution in [2.45, 2.75) is 47.0 Å². The molecule has 146 valence electrons. The summed E-state index contributed by atoms with van der Waals surface area (Å²) in [5, 5.41) is 0.428. The minimum absolute atomic E-state index is 0.264. The van der Waals surface area contributed by atoms with Crippen LogP contribution in [0.2, 0.25) is 0 Å². The van der Waals surface area contributed by atoms with E-state index < -0.39 is 11.8 Å². The molecule has 2 rings (SSSR count). The van der Waals surface area contributed by atoms with Gasteiger partial charge in [-0.1, -0.05) is 37.2 Å². The molecule has 0 saturated heterocycles. The lowest BCUT2D eigenvalue weighted by atomic mass is 10.1. The van der Waals surface area contributed by atoms with E-state index in [2.05, 4.69) is 11.9 Å². The van der Waals surface area contributed by atoms with Crippen LogP contribution in [0.3, 0.4) is 0 Å². The maximum Gasteiger partial charge on any atom is 0.350 e. The van der Waals surface area contributed by atoms with E-state index in [-0.39, 0.29) is 18.1 Å². The van der Waals surface area contributed by atoms with Gasteiger partial charge in [-0.2, -0.15) is 0 Å². The number of unbranched alkanes of at least 4 members (excludes halogenated alkanes) is 2. The summed E-state index contributed by atoms with van der Waals surface area (Å²) in [6, 6.07) is 4.45. The van der Waals surface area contributed by atoms with E-state index in [0.29, 0.717) is 27.8 Å². The zero-order valence-electron chi connectivity index (χ0n) is 16.2. The Labute approximate surface area is 163 Å². The van der Waals surface area contributed by atoms with Gasteiger partial charge in [-0.25, -0.2) is 14.2 Å². The molecule has 0 radical (unpaired) electrons. The third kappa shape index (κ3) is 5.13. The monoisotopic (exact) mass is 392 g/mol. The van der Waals surface area contributed by atoms with E-state index in [1.165, 1.54) is 11.0 Å². The van der Waals surface area contributed by atoms with Crippen molar-refractivity contribution in [1.29, 1.82) is 0 Å². The minimum atomic E-state index is -0.443. The summed E-state index contributed by atoms with van der Waals surface area (Å²) in [5.74, 6) is -1.19. The third-order valence-corrected chi connectivity index (χ3v) is 5.29. The topological polar surface area (TPSA) is 59.5 Å². The summed E-state index contributed by atoms with van der Waals surface area (Å²) in [6.07, 6.45) is 2.76. The molecule has 0 N–H and O–H groups in total. The lowest BCUT2D eigenvalue weighted by Gasteiger charge is -2.20. The van der Waals surface area contributed by atoms with Crippen LogP contribution in [0.15, 0.2) is 18.2 Å². The van der Waals surface area contributed by atoms with E-state index in [1.807, 2.05) is 0 Å². The quantitative estimate of drug-likeness (QED) is 0.473. The van der Waals surface area contributed by atoms with Crippen LogP contribution in [-0.4, -0.2) is 30.0 Å². The van der Waals surface area contributed by atoms with Gasteiger partial charge in [0.05, 0.1) is 12.3 Å². The van der Waals surface area contributed by atoms with Gasteiger partial charge in [0.15, 0.2) is 5.13 Å². The van der Waals surface area contributed by atoms with Gasteiger partial charge in [-0.05, 0) is 44.9 Å². The largest absolute Gasteiger partial charge is 0.462 e. The number of halogens is 1. The van der Waals surface area contributed by atoms with Crippen molar-refractivity contribution < 1.29 is 18.7 Å². The van der Waals surface area contributed by atoms with Gasteiger partial charge >= 0.3 is 5.97 Å². The molecule has 27 heavy (non-hydrogen) atoms. The average molecular weight is 392 g/mol. The molecule has 0 atom stereocenters. The number of aromatic nitrogens is 1. The Bertz CT molecular complexity index is 820. The molecular formula is C20H25FN2O3S. The number of aryl methyl sites for hydroxylation is 2. The number of esters is 1. The number of hydrogen-bond donors (Lipinski definition) is 0. The van der Waals surface area contributed by atoms with E-state index in [4.69, 9.17) is 4.74 Å². The average Bonchev–Trinajstić information content (AvgIpc) is 3.02. The summed E-state index contributed by atoms with van der Waals surface area (Å²) in [7, 11) is 0. The number of thiazole rings is 1. The Balaban J connectivity index is 2.36. The number of anilines is 1. The smallest absolute Gasteiger partial charge is 0.350 e. The van der Waals surface area contributed by atoms with Gasteiger partial charge < -0.3 is 4.74 Å². The number of benzene rings is 1. The van der Waals surface area contributed by atoms with Gasteiger partial charge in [-0.3, -0.25) is 9.69 Å². The second-order valence-corrected chi connectivity index (χ2v) is 7.24. The lowest BCUT2D eigenvalue weighted by Crippen LogP contribution is -2.32. The predicted molar refractivity (Wildman–Crippen MR) is 105 cm³/mol. The predicted octanol–water partition coefficient (Wildman–Crippen LogP) is 4.91. The Morgan fingerprint density at radius 3 is 2.59 bits per heavy atom. The summed E-state index contributed by atoms with van der Waals surface area (Å²) < 4.78 is 19.0. The SMILES string of the molecule is CCCCCN(C(=O)c1ccc(C)c(F)c1)c1nc(C)c(C(=O)OCC)s1. The number of amides is 1. The number of carbonyl (C=O) groups is 2. The molecule has 0 spiro atoms. The number of nitrogens with zero attached hydrogens (tertiary/aromatic N) is 2. The van der Waals surface area contributed by atoms with Gasteiger partial charge in [0.2, 0.25) is 0 Å². The maximum atomic E-state index is 13.9. The molecule has 0 bridgehead atoms. The zero-order chi connectivity index (χ0) is 20.0. The first-order valence-corrected chi connectivity index (χ1v) is 9.93. The molecule has 7 heteroatoms. The first-order valence-electron chi connectivity index (χ1n) is 9.11. The van der Waals surface area contributed by atoms with Crippen LogP contribution in [0.1, 0.15) is 64.4 Å². The van der Waals surface area contributed by atoms with E-state index in [9.17, 15) is 14.0 Å². The second-order valence-electron chi connectivity index (χ2n) is 6.26. The molecule has 0 saturated carbocycles. The molecule has 5 nitrogen and oxygen atoms in total. The molecule has 1 amide bonds. The van der Waals surface area contributed by atoms with Gasteiger partial charge in [0, 0.05) is 12.1 Å². The minimum Gasteiger partial charge on any atom is -0.462 e. The van der Waals surface area contributed by atoms with Crippen molar-refractivity contribution in [3.8, 4) is 0 Å². The zero-order valence-corrected chi connectivity index (χ0v) is 17.0. The van der Waals surface area contributed by atoms with Crippen LogP contribution in [0, 0.1) is 19.7 Å². The number of rotatable bonds is 8. The van der Waals surface area contributed by atoms with E-state index in [1.54, 1.807) is 32.9 Å². The number of carbonyl (C=O) groups excluding carboxylic acids is 2. The first-order chi connectivity index (χ1) is 12.9. The van der Waals surface area contributed by atoms with Crippen molar-refractivity contribution >= 4 is 28.3 Å². The molecule has 0 aliphatic carbocycles. The highest BCUT2D eigenvalue weighted by Crippen LogP contribution is 2.28. The van der Waals surface area contributed by atoms with Gasteiger partial charge in [0.25, 0.3) is 5.91 Å². The van der Waals surface area contributed by atoms with Crippen molar-refractivity contribution in [2.75, 3.05) is 18.1 Å². The highest BCUT2D eigenvalue weighted by Gasteiger charge is 2.25. The Hall–Kier alpha value is -2.28. The van der Waals surface area contributed by atoms with Crippen LogP contribution in [-0.2, 0) is 4.74 Å². The van der Waals surface area contributed by atoms with Crippen LogP contribution < -0.4 is 4.90 Å². The third-order valence-electron chi connectivity index (χ3n) is 4.13. The second kappa shape index (κ2) is 9.60. The normalized spacial score (nSPS) is 10.7. The molecule has 0 aliphatic rings. The highest BCUT2D eigenvalue weighted by molar-refractivity contribution is 7.17. The van der Waals surface area contributed by atoms with Crippen molar-refractivity contribution in [3.63, 3.8) is 0 Å². The van der Waals surface area contributed by atoms with Gasteiger partial charge in [0.1, 0.15) is 10.7 Å². The Morgan fingerprint density at radius 2 is 1.96 bits per heavy atom. The number of hydrogen-bond acceptors (Lipinski definition) is 5. The molecule has 1 heterocycles. The highest BCUT2D eigenvalue weighted by atomic mass is 32.1. The molecule has 0 fully saturated rings. The van der Waals surface area contributed by atoms with Crippen LogP contribution in [0.5, 0.6) is 0 Å². The van der Waals surface area contributed by atoms with Crippen molar-refractivity contribution in [1.82, 2.24) is 4.98 Å². The number of ether oxygens (including phenoxy) is 1. The molecular weight excluding hydrogens is 367 g/mol. The lowest BCUT2D eigenvalue weighted by molar-refractivity contribution is 0.0531. The molecule has 1 aromatic heterocycles. The molecule has 1 aromatic carbocycles. The molecule has 2 aromatic rings. The van der Waals surface area contributed by atoms with E-state index in [0.717, 1.165) is 30.6 Å². The summed E-state index contributed by atoms with van der Waals surface area (Å²) in [5.41, 5.74) is 1.27. The van der Waals surface area contributed by atoms with Crippen molar-refractivity contribution in [2.24, 2.45) is 0 Å². The summed E-state index contributed by atoms with van der Waals surface area (Å²) >= 11 is 1.13. The fraction of sp³-hybridized carbons (Fsp3) is 0.450. The van der Waals surface area contributed by atoms with Crippen molar-refractivity contribution in [3.05, 3.63) is 45.7 Å². The van der Waals surface area contributed by atoms with Crippen LogP contribution >= 0.6 is 11.3 Å². The summed E-state index contributed by atoms with van der Waals surface area (Å²) in [4.78, 5) is 31.4. The molecule has 0 aliphatic heterocycles. The fourth-order valence-electron chi connectivity index (χ4n) is 2.57. The Morgan fingerprint density at radius 1 is 1.22 bits per heavy atom. The van der Waals surface area contributed by atoms with E-state index >= 15 is 0 Å². The summed E-state index contributed by atoms with van der Waals surface area (Å²) in [6.45, 7) is 7.91.